The minimum absolute atomic E-state index is 0.104. The Morgan fingerprint density at radius 3 is 2.91 bits per heavy atom. The molecule has 0 saturated carbocycles. The van der Waals surface area contributed by atoms with Gasteiger partial charge in [-0.25, -0.2) is 9.51 Å². The molecule has 3 N–H and O–H groups in total. The molecule has 0 aromatic carbocycles. The molecular weight excluding hydrogens is 424 g/mol. The van der Waals surface area contributed by atoms with E-state index in [2.05, 4.69) is 15.0 Å². The number of nitrogens with zero attached hydrogens (tertiary/aromatic N) is 4. The molecule has 5 rings (SSSR count). The van der Waals surface area contributed by atoms with Crippen LogP contribution in [0.1, 0.15) is 11.3 Å². The van der Waals surface area contributed by atoms with Crippen LogP contribution < -0.4 is 4.74 Å². The van der Waals surface area contributed by atoms with Crippen LogP contribution in [0, 0.1) is 5.41 Å². The number of fused-ring (bicyclic) bond motifs is 2. The molecule has 0 bridgehead atoms. The van der Waals surface area contributed by atoms with Gasteiger partial charge in [0, 0.05) is 43.7 Å². The number of rotatable bonds is 8. The first-order valence-electron chi connectivity index (χ1n) is 11.0. The lowest BCUT2D eigenvalue weighted by molar-refractivity contribution is 0.0305. The van der Waals surface area contributed by atoms with E-state index in [9.17, 15) is 5.11 Å². The molecule has 1 fully saturated rings. The van der Waals surface area contributed by atoms with Crippen molar-refractivity contribution in [3.05, 3.63) is 54.0 Å². The summed E-state index contributed by atoms with van der Waals surface area (Å²) in [5.74, 6) is 0.950. The summed E-state index contributed by atoms with van der Waals surface area (Å²) in [4.78, 5) is 10.3. The highest BCUT2D eigenvalue weighted by Gasteiger charge is 2.25. The van der Waals surface area contributed by atoms with Crippen molar-refractivity contribution in [3.63, 3.8) is 0 Å². The van der Waals surface area contributed by atoms with Crippen LogP contribution >= 0.6 is 0 Å². The maximum absolute atomic E-state index is 9.18. The maximum Gasteiger partial charge on any atom is 0.260 e. The molecule has 1 aliphatic carbocycles. The number of morpholine rings is 1. The zero-order valence-electron chi connectivity index (χ0n) is 18.2. The number of pyridine rings is 1. The molecule has 10 nitrogen and oxygen atoms in total. The summed E-state index contributed by atoms with van der Waals surface area (Å²) in [5, 5.41) is 22.3. The second-order valence-electron chi connectivity index (χ2n) is 7.71. The van der Waals surface area contributed by atoms with Gasteiger partial charge in [0.25, 0.3) is 5.88 Å². The van der Waals surface area contributed by atoms with Gasteiger partial charge in [0.15, 0.2) is 5.69 Å². The molecule has 0 radical (unpaired) electrons. The van der Waals surface area contributed by atoms with Gasteiger partial charge in [0.2, 0.25) is 0 Å². The van der Waals surface area contributed by atoms with E-state index in [0.29, 0.717) is 29.6 Å². The monoisotopic (exact) mass is 450 g/mol. The molecule has 1 aliphatic heterocycles. The number of aliphatic imine (C=N–C) groups is 1. The molecule has 10 heteroatoms. The van der Waals surface area contributed by atoms with Gasteiger partial charge in [-0.15, -0.1) is 5.10 Å². The summed E-state index contributed by atoms with van der Waals surface area (Å²) >= 11 is 0. The minimum Gasteiger partial charge on any atom is -0.490 e. The molecule has 3 aromatic rings. The van der Waals surface area contributed by atoms with Gasteiger partial charge in [0.1, 0.15) is 19.0 Å². The average Bonchev–Trinajstić information content (AvgIpc) is 3.47. The lowest BCUT2D eigenvalue weighted by Crippen LogP contribution is -2.38. The molecule has 2 aliphatic rings. The third-order valence-corrected chi connectivity index (χ3v) is 5.60. The quantitative estimate of drug-likeness (QED) is 0.482. The van der Waals surface area contributed by atoms with E-state index < -0.39 is 0 Å². The highest BCUT2D eigenvalue weighted by molar-refractivity contribution is 6.54. The summed E-state index contributed by atoms with van der Waals surface area (Å²) in [6.07, 6.45) is 5.38. The summed E-state index contributed by atoms with van der Waals surface area (Å²) in [7, 11) is 0. The topological polar surface area (TPSA) is 120 Å². The van der Waals surface area contributed by atoms with E-state index in [-0.39, 0.29) is 18.9 Å². The van der Waals surface area contributed by atoms with Gasteiger partial charge < -0.3 is 24.3 Å². The molecule has 172 valence electrons. The second kappa shape index (κ2) is 9.57. The van der Waals surface area contributed by atoms with Gasteiger partial charge in [-0.2, -0.15) is 0 Å². The number of aliphatic hydroxyl groups excluding tert-OH is 1. The van der Waals surface area contributed by atoms with E-state index >= 15 is 0 Å². The van der Waals surface area contributed by atoms with E-state index in [4.69, 9.17) is 24.6 Å². The molecule has 33 heavy (non-hydrogen) atoms. The Balaban J connectivity index is 1.46. The van der Waals surface area contributed by atoms with Gasteiger partial charge in [-0.05, 0) is 18.2 Å². The number of aliphatic hydroxyl groups is 1. The lowest BCUT2D eigenvalue weighted by Gasteiger charge is -2.27. The van der Waals surface area contributed by atoms with Crippen molar-refractivity contribution in [1.29, 1.82) is 5.41 Å². The Morgan fingerprint density at radius 1 is 1.18 bits per heavy atom. The first-order valence-corrected chi connectivity index (χ1v) is 11.0. The molecular formula is C23H26N6O4. The molecule has 3 aromatic heterocycles. The first kappa shape index (κ1) is 21.4. The molecule has 0 amide bonds. The highest BCUT2D eigenvalue weighted by Crippen LogP contribution is 2.34. The predicted molar refractivity (Wildman–Crippen MR) is 124 cm³/mol. The van der Waals surface area contributed by atoms with Crippen molar-refractivity contribution in [3.8, 4) is 5.88 Å². The van der Waals surface area contributed by atoms with Crippen molar-refractivity contribution in [2.45, 2.75) is 0 Å². The molecule has 0 unspecified atom stereocenters. The SMILES string of the molecule is N=C1/C(=N/c2c(OCCO)nn3ccccc23)C=C(OCCN2CCOCC2)c2[nH]ccc21. The number of hydrogen-bond donors (Lipinski definition) is 3. The third-order valence-electron chi connectivity index (χ3n) is 5.60. The second-order valence-corrected chi connectivity index (χ2v) is 7.71. The number of allylic oxidation sites excluding steroid dienone is 1. The molecule has 0 atom stereocenters. The van der Waals surface area contributed by atoms with Crippen LogP contribution in [0.4, 0.5) is 5.69 Å². The Labute approximate surface area is 190 Å². The van der Waals surface area contributed by atoms with E-state index in [0.717, 1.165) is 49.6 Å². The molecule has 0 spiro atoms. The fraction of sp³-hybridized carbons (Fsp3) is 0.348. The largest absolute Gasteiger partial charge is 0.490 e. The number of H-pyrrole nitrogens is 1. The Morgan fingerprint density at radius 2 is 2.06 bits per heavy atom. The van der Waals surface area contributed by atoms with Crippen LogP contribution in [0.15, 0.2) is 47.7 Å². The number of hydrogen-bond acceptors (Lipinski definition) is 8. The average molecular weight is 450 g/mol. The Kier molecular flexibility index (Phi) is 6.20. The van der Waals surface area contributed by atoms with E-state index in [1.165, 1.54) is 0 Å². The number of ether oxygens (including phenoxy) is 3. The van der Waals surface area contributed by atoms with Crippen molar-refractivity contribution < 1.29 is 19.3 Å². The Hall–Kier alpha value is -3.47. The highest BCUT2D eigenvalue weighted by atomic mass is 16.5. The van der Waals surface area contributed by atoms with Crippen molar-refractivity contribution in [2.24, 2.45) is 4.99 Å². The first-order chi connectivity index (χ1) is 16.2. The molecule has 4 heterocycles. The number of aromatic amines is 1. The zero-order valence-corrected chi connectivity index (χ0v) is 18.2. The lowest BCUT2D eigenvalue weighted by atomic mass is 9.98. The van der Waals surface area contributed by atoms with Crippen LogP contribution in [-0.4, -0.2) is 88.7 Å². The van der Waals surface area contributed by atoms with Gasteiger partial charge >= 0.3 is 0 Å². The van der Waals surface area contributed by atoms with Gasteiger partial charge in [0.05, 0.1) is 42.5 Å². The fourth-order valence-corrected chi connectivity index (χ4v) is 3.93. The van der Waals surface area contributed by atoms with Crippen LogP contribution in [0.2, 0.25) is 0 Å². The fourth-order valence-electron chi connectivity index (χ4n) is 3.93. The summed E-state index contributed by atoms with van der Waals surface area (Å²) in [6, 6.07) is 7.49. The third kappa shape index (κ3) is 4.40. The van der Waals surface area contributed by atoms with Crippen molar-refractivity contribution >= 4 is 28.4 Å². The van der Waals surface area contributed by atoms with Crippen LogP contribution in [0.3, 0.4) is 0 Å². The van der Waals surface area contributed by atoms with E-state index in [1.54, 1.807) is 23.0 Å². The van der Waals surface area contributed by atoms with E-state index in [1.807, 2.05) is 24.3 Å². The smallest absolute Gasteiger partial charge is 0.260 e. The normalized spacial score (nSPS) is 17.9. The van der Waals surface area contributed by atoms with Crippen molar-refractivity contribution in [1.82, 2.24) is 19.5 Å². The summed E-state index contributed by atoms with van der Waals surface area (Å²) in [5.41, 5.74) is 3.50. The minimum atomic E-state index is -0.132. The zero-order chi connectivity index (χ0) is 22.6. The van der Waals surface area contributed by atoms with Gasteiger partial charge in [-0.3, -0.25) is 10.3 Å². The summed E-state index contributed by atoms with van der Waals surface area (Å²) < 4.78 is 18.8. The van der Waals surface area contributed by atoms with Crippen molar-refractivity contribution in [2.75, 3.05) is 52.7 Å². The summed E-state index contributed by atoms with van der Waals surface area (Å²) in [6.45, 7) is 4.59. The predicted octanol–water partition coefficient (Wildman–Crippen LogP) is 1.88. The Bertz CT molecular complexity index is 1200. The van der Waals surface area contributed by atoms with Crippen LogP contribution in [0.25, 0.3) is 11.3 Å². The number of nitrogens with one attached hydrogen (secondary N) is 2. The van der Waals surface area contributed by atoms with Crippen LogP contribution in [-0.2, 0) is 9.47 Å². The molecule has 1 saturated heterocycles. The standard InChI is InChI=1S/C23H26N6O4/c24-20-16-4-5-25-21(16)19(32-13-9-28-7-11-31-12-8-28)15-17(20)26-22-18-3-1-2-6-29(18)27-23(22)33-14-10-30/h1-6,15,24-25,30H,7-14H2/b24-20?,26-17+. The number of aromatic nitrogens is 3. The maximum atomic E-state index is 9.18. The van der Waals surface area contributed by atoms with Gasteiger partial charge in [-0.1, -0.05) is 6.07 Å². The van der Waals surface area contributed by atoms with Crippen LogP contribution in [0.5, 0.6) is 5.88 Å².